The van der Waals surface area contributed by atoms with Gasteiger partial charge in [-0.05, 0) is 31.0 Å². The molecule has 1 heterocycles. The first-order valence-corrected chi connectivity index (χ1v) is 5.60. The van der Waals surface area contributed by atoms with Crippen LogP contribution in [-0.4, -0.2) is 4.98 Å². The molecule has 0 spiro atoms. The Morgan fingerprint density at radius 3 is 2.59 bits per heavy atom. The first-order valence-electron chi connectivity index (χ1n) is 5.22. The van der Waals surface area contributed by atoms with Gasteiger partial charge in [0.2, 0.25) is 5.88 Å². The molecule has 0 fully saturated rings. The van der Waals surface area contributed by atoms with E-state index in [0.29, 0.717) is 22.3 Å². The molecule has 3 nitrogen and oxygen atoms in total. The van der Waals surface area contributed by atoms with Gasteiger partial charge < -0.3 is 10.5 Å². The van der Waals surface area contributed by atoms with Crippen LogP contribution in [-0.2, 0) is 0 Å². The van der Waals surface area contributed by atoms with Gasteiger partial charge in [-0.25, -0.2) is 4.98 Å². The van der Waals surface area contributed by atoms with Crippen LogP contribution >= 0.6 is 11.6 Å². The Bertz CT molecular complexity index is 538. The molecule has 0 radical (unpaired) electrons. The van der Waals surface area contributed by atoms with Crippen LogP contribution in [0.3, 0.4) is 0 Å². The Balaban J connectivity index is 2.30. The van der Waals surface area contributed by atoms with Crippen LogP contribution in [0.2, 0.25) is 5.02 Å². The van der Waals surface area contributed by atoms with Crippen molar-refractivity contribution >= 4 is 17.3 Å². The normalized spacial score (nSPS) is 10.3. The average molecular weight is 249 g/mol. The van der Waals surface area contributed by atoms with Crippen LogP contribution in [0.15, 0.2) is 30.5 Å². The number of nitrogens with zero attached hydrogens (tertiary/aromatic N) is 1. The van der Waals surface area contributed by atoms with Gasteiger partial charge in [-0.15, -0.1) is 0 Å². The van der Waals surface area contributed by atoms with Gasteiger partial charge in [0, 0.05) is 24.0 Å². The molecule has 17 heavy (non-hydrogen) atoms. The molecule has 0 unspecified atom stereocenters. The summed E-state index contributed by atoms with van der Waals surface area (Å²) < 4.78 is 5.65. The zero-order chi connectivity index (χ0) is 12.4. The molecule has 1 aromatic carbocycles. The minimum absolute atomic E-state index is 0.501. The molecule has 0 aliphatic heterocycles. The summed E-state index contributed by atoms with van der Waals surface area (Å²) in [5.41, 5.74) is 8.62. The van der Waals surface area contributed by atoms with Gasteiger partial charge in [0.25, 0.3) is 0 Å². The van der Waals surface area contributed by atoms with Crippen molar-refractivity contribution in [2.75, 3.05) is 5.73 Å². The lowest BCUT2D eigenvalue weighted by Crippen LogP contribution is -1.95. The maximum absolute atomic E-state index is 5.85. The van der Waals surface area contributed by atoms with Crippen LogP contribution < -0.4 is 10.5 Å². The molecule has 0 aliphatic rings. The molecule has 88 valence electrons. The van der Waals surface area contributed by atoms with Crippen LogP contribution in [0, 0.1) is 13.8 Å². The molecule has 0 bridgehead atoms. The van der Waals surface area contributed by atoms with Gasteiger partial charge in [-0.3, -0.25) is 0 Å². The number of aryl methyl sites for hydroxylation is 2. The lowest BCUT2D eigenvalue weighted by atomic mass is 10.1. The van der Waals surface area contributed by atoms with E-state index in [-0.39, 0.29) is 0 Å². The number of nitrogen functional groups attached to an aromatic ring is 1. The van der Waals surface area contributed by atoms with Crippen molar-refractivity contribution < 1.29 is 4.74 Å². The van der Waals surface area contributed by atoms with Crippen LogP contribution in [0.25, 0.3) is 0 Å². The predicted molar refractivity (Wildman–Crippen MR) is 69.6 cm³/mol. The minimum atomic E-state index is 0.501. The van der Waals surface area contributed by atoms with E-state index in [1.54, 1.807) is 24.4 Å². The Labute approximate surface area is 105 Å². The molecule has 2 aromatic rings. The van der Waals surface area contributed by atoms with Crippen molar-refractivity contribution in [1.29, 1.82) is 0 Å². The molecule has 2 rings (SSSR count). The van der Waals surface area contributed by atoms with Gasteiger partial charge in [-0.1, -0.05) is 17.7 Å². The molecule has 0 saturated heterocycles. The highest BCUT2D eigenvalue weighted by Gasteiger charge is 2.05. The fourth-order valence-electron chi connectivity index (χ4n) is 1.49. The third kappa shape index (κ3) is 2.68. The molecule has 4 heteroatoms. The second-order valence-electron chi connectivity index (χ2n) is 3.89. The van der Waals surface area contributed by atoms with E-state index in [0.717, 1.165) is 11.1 Å². The number of halogens is 1. The molecule has 2 N–H and O–H groups in total. The van der Waals surface area contributed by atoms with Crippen LogP contribution in [0.5, 0.6) is 11.6 Å². The molecule has 0 aliphatic carbocycles. The standard InChI is InChI=1S/C13H13ClN2O/c1-8-5-9(2)12(6-11(8)15)17-13-4-3-10(14)7-16-13/h3-7H,15H2,1-2H3. The topological polar surface area (TPSA) is 48.1 Å². The van der Waals surface area contributed by atoms with Gasteiger partial charge in [0.05, 0.1) is 5.02 Å². The van der Waals surface area contributed by atoms with Crippen LogP contribution in [0.1, 0.15) is 11.1 Å². The summed E-state index contributed by atoms with van der Waals surface area (Å²) in [6, 6.07) is 7.25. The Hall–Kier alpha value is -1.74. The zero-order valence-corrected chi connectivity index (χ0v) is 10.5. The van der Waals surface area contributed by atoms with E-state index < -0.39 is 0 Å². The lowest BCUT2D eigenvalue weighted by molar-refractivity contribution is 0.459. The number of hydrogen-bond donors (Lipinski definition) is 1. The second-order valence-corrected chi connectivity index (χ2v) is 4.33. The van der Waals surface area contributed by atoms with Crippen LogP contribution in [0.4, 0.5) is 5.69 Å². The average Bonchev–Trinajstić information content (AvgIpc) is 2.29. The first kappa shape index (κ1) is 11.7. The Kier molecular flexibility index (Phi) is 3.20. The molecule has 0 atom stereocenters. The summed E-state index contributed by atoms with van der Waals surface area (Å²) in [6.07, 6.45) is 1.55. The second kappa shape index (κ2) is 4.63. The predicted octanol–water partition coefficient (Wildman–Crippen LogP) is 3.73. The fourth-order valence-corrected chi connectivity index (χ4v) is 1.61. The van der Waals surface area contributed by atoms with Crippen molar-refractivity contribution in [1.82, 2.24) is 4.98 Å². The van der Waals surface area contributed by atoms with Crippen molar-refractivity contribution in [2.24, 2.45) is 0 Å². The number of anilines is 1. The van der Waals surface area contributed by atoms with Gasteiger partial charge in [0.1, 0.15) is 5.75 Å². The number of hydrogen-bond acceptors (Lipinski definition) is 3. The van der Waals surface area contributed by atoms with E-state index >= 15 is 0 Å². The largest absolute Gasteiger partial charge is 0.439 e. The smallest absolute Gasteiger partial charge is 0.219 e. The SMILES string of the molecule is Cc1cc(C)c(Oc2ccc(Cl)cn2)cc1N. The summed E-state index contributed by atoms with van der Waals surface area (Å²) in [7, 11) is 0. The van der Waals surface area contributed by atoms with Gasteiger partial charge >= 0.3 is 0 Å². The molecule has 1 aromatic heterocycles. The van der Waals surface area contributed by atoms with E-state index in [2.05, 4.69) is 4.98 Å². The Morgan fingerprint density at radius 2 is 1.94 bits per heavy atom. The van der Waals surface area contributed by atoms with Crippen molar-refractivity contribution in [3.8, 4) is 11.6 Å². The van der Waals surface area contributed by atoms with Gasteiger partial charge in [-0.2, -0.15) is 0 Å². The summed E-state index contributed by atoms with van der Waals surface area (Å²) in [5, 5.41) is 0.581. The van der Waals surface area contributed by atoms with E-state index in [4.69, 9.17) is 22.1 Å². The highest BCUT2D eigenvalue weighted by molar-refractivity contribution is 6.30. The molecule has 0 amide bonds. The molecule has 0 saturated carbocycles. The number of benzene rings is 1. The number of rotatable bonds is 2. The molecular weight excluding hydrogens is 236 g/mol. The van der Waals surface area contributed by atoms with Crippen molar-refractivity contribution in [3.05, 3.63) is 46.6 Å². The molecular formula is C13H13ClN2O. The number of pyridine rings is 1. The third-order valence-electron chi connectivity index (χ3n) is 2.48. The number of nitrogens with two attached hydrogens (primary N) is 1. The highest BCUT2D eigenvalue weighted by Crippen LogP contribution is 2.28. The quantitative estimate of drug-likeness (QED) is 0.824. The van der Waals surface area contributed by atoms with Crippen molar-refractivity contribution in [2.45, 2.75) is 13.8 Å². The van der Waals surface area contributed by atoms with Gasteiger partial charge in [0.15, 0.2) is 0 Å². The lowest BCUT2D eigenvalue weighted by Gasteiger charge is -2.10. The third-order valence-corrected chi connectivity index (χ3v) is 2.70. The van der Waals surface area contributed by atoms with E-state index in [1.807, 2.05) is 19.9 Å². The maximum Gasteiger partial charge on any atom is 0.219 e. The Morgan fingerprint density at radius 1 is 1.18 bits per heavy atom. The van der Waals surface area contributed by atoms with E-state index in [1.165, 1.54) is 0 Å². The first-order chi connectivity index (χ1) is 8.06. The van der Waals surface area contributed by atoms with Crippen molar-refractivity contribution in [3.63, 3.8) is 0 Å². The minimum Gasteiger partial charge on any atom is -0.439 e. The number of aromatic nitrogens is 1. The monoisotopic (exact) mass is 248 g/mol. The van der Waals surface area contributed by atoms with E-state index in [9.17, 15) is 0 Å². The fraction of sp³-hybridized carbons (Fsp3) is 0.154. The number of ether oxygens (including phenoxy) is 1. The summed E-state index contributed by atoms with van der Waals surface area (Å²) in [6.45, 7) is 3.93. The summed E-state index contributed by atoms with van der Waals surface area (Å²) in [4.78, 5) is 4.07. The summed E-state index contributed by atoms with van der Waals surface area (Å²) in [5.74, 6) is 1.21. The maximum atomic E-state index is 5.85. The summed E-state index contributed by atoms with van der Waals surface area (Å²) >= 11 is 5.75. The zero-order valence-electron chi connectivity index (χ0n) is 9.70. The highest BCUT2D eigenvalue weighted by atomic mass is 35.5.